The van der Waals surface area contributed by atoms with E-state index in [9.17, 15) is 4.79 Å². The Kier molecular flexibility index (Phi) is 1.71. The van der Waals surface area contributed by atoms with Crippen LogP contribution < -0.4 is 0 Å². The molecule has 1 aliphatic heterocycles. The lowest BCUT2D eigenvalue weighted by molar-refractivity contribution is -0.140. The maximum Gasteiger partial charge on any atom is 0.334 e. The second-order valence-corrected chi connectivity index (χ2v) is 3.81. The average molecular weight is 166 g/mol. The van der Waals surface area contributed by atoms with E-state index in [0.717, 1.165) is 12.0 Å². The van der Waals surface area contributed by atoms with E-state index in [1.54, 1.807) is 0 Å². The lowest BCUT2D eigenvalue weighted by Crippen LogP contribution is -2.20. The Morgan fingerprint density at radius 1 is 1.42 bits per heavy atom. The van der Waals surface area contributed by atoms with Crippen molar-refractivity contribution in [2.24, 2.45) is 5.92 Å². The van der Waals surface area contributed by atoms with Crippen LogP contribution in [0.25, 0.3) is 0 Å². The third-order valence-electron chi connectivity index (χ3n) is 2.97. The van der Waals surface area contributed by atoms with Gasteiger partial charge in [-0.2, -0.15) is 0 Å². The summed E-state index contributed by atoms with van der Waals surface area (Å²) in [6.07, 6.45) is 3.56. The van der Waals surface area contributed by atoms with Gasteiger partial charge in [-0.25, -0.2) is 4.79 Å². The molecule has 0 aromatic carbocycles. The number of hydrogen-bond acceptors (Lipinski definition) is 2. The number of rotatable bonds is 0. The van der Waals surface area contributed by atoms with Gasteiger partial charge in [0.1, 0.15) is 6.10 Å². The Balaban J connectivity index is 2.34. The highest BCUT2D eigenvalue weighted by atomic mass is 16.5. The molecule has 0 unspecified atom stereocenters. The van der Waals surface area contributed by atoms with Crippen LogP contribution in [-0.2, 0) is 9.53 Å². The summed E-state index contributed by atoms with van der Waals surface area (Å²) in [5, 5.41) is 0. The summed E-state index contributed by atoms with van der Waals surface area (Å²) in [6.45, 7) is 4.08. The summed E-state index contributed by atoms with van der Waals surface area (Å²) in [5.41, 5.74) is 2.14. The number of carbonyl (C=O) groups excluding carboxylic acids is 1. The zero-order chi connectivity index (χ0) is 8.72. The van der Waals surface area contributed by atoms with Crippen LogP contribution in [0, 0.1) is 5.92 Å². The topological polar surface area (TPSA) is 26.3 Å². The van der Waals surface area contributed by atoms with Crippen molar-refractivity contribution in [1.29, 1.82) is 0 Å². The predicted octanol–water partition coefficient (Wildman–Crippen LogP) is 2.05. The van der Waals surface area contributed by atoms with Gasteiger partial charge in [-0.3, -0.25) is 0 Å². The molecule has 0 saturated heterocycles. The van der Waals surface area contributed by atoms with E-state index in [1.165, 1.54) is 18.4 Å². The monoisotopic (exact) mass is 166 g/mol. The molecule has 0 bridgehead atoms. The maximum atomic E-state index is 11.2. The zero-order valence-corrected chi connectivity index (χ0v) is 7.59. The molecule has 66 valence electrons. The second-order valence-electron chi connectivity index (χ2n) is 3.81. The molecule has 2 heteroatoms. The summed E-state index contributed by atoms with van der Waals surface area (Å²) < 4.78 is 5.23. The van der Waals surface area contributed by atoms with E-state index in [2.05, 4.69) is 6.92 Å². The molecule has 0 aromatic heterocycles. The smallest absolute Gasteiger partial charge is 0.334 e. The molecule has 1 aliphatic carbocycles. The molecule has 1 heterocycles. The van der Waals surface area contributed by atoms with Crippen molar-refractivity contribution in [3.05, 3.63) is 11.1 Å². The quantitative estimate of drug-likeness (QED) is 0.515. The van der Waals surface area contributed by atoms with E-state index in [0.29, 0.717) is 5.92 Å². The van der Waals surface area contributed by atoms with Gasteiger partial charge in [0, 0.05) is 5.57 Å². The van der Waals surface area contributed by atoms with E-state index < -0.39 is 0 Å². The largest absolute Gasteiger partial charge is 0.454 e. The first kappa shape index (κ1) is 7.84. The van der Waals surface area contributed by atoms with Crippen molar-refractivity contribution in [3.8, 4) is 0 Å². The highest BCUT2D eigenvalue weighted by Gasteiger charge is 2.36. The number of carbonyl (C=O) groups is 1. The minimum Gasteiger partial charge on any atom is -0.454 e. The van der Waals surface area contributed by atoms with Crippen molar-refractivity contribution in [2.45, 2.75) is 39.2 Å². The van der Waals surface area contributed by atoms with Gasteiger partial charge < -0.3 is 4.74 Å². The third kappa shape index (κ3) is 0.977. The average Bonchev–Trinajstić information content (AvgIpc) is 2.29. The summed E-state index contributed by atoms with van der Waals surface area (Å²) in [5.74, 6) is 0.457. The Bertz CT molecular complexity index is 253. The number of hydrogen-bond donors (Lipinski definition) is 0. The van der Waals surface area contributed by atoms with Gasteiger partial charge in [0.2, 0.25) is 0 Å². The molecule has 2 atom stereocenters. The molecule has 0 spiro atoms. The third-order valence-corrected chi connectivity index (χ3v) is 2.97. The highest BCUT2D eigenvalue weighted by Crippen LogP contribution is 2.37. The summed E-state index contributed by atoms with van der Waals surface area (Å²) in [6, 6.07) is 0. The summed E-state index contributed by atoms with van der Waals surface area (Å²) in [7, 11) is 0. The molecule has 0 amide bonds. The predicted molar refractivity (Wildman–Crippen MR) is 45.6 cm³/mol. The normalized spacial score (nSPS) is 35.0. The van der Waals surface area contributed by atoms with E-state index in [4.69, 9.17) is 4.74 Å². The second kappa shape index (κ2) is 2.61. The van der Waals surface area contributed by atoms with E-state index in [-0.39, 0.29) is 12.1 Å². The maximum absolute atomic E-state index is 11.2. The minimum absolute atomic E-state index is 0.0937. The van der Waals surface area contributed by atoms with Gasteiger partial charge in [0.25, 0.3) is 0 Å². The summed E-state index contributed by atoms with van der Waals surface area (Å²) in [4.78, 5) is 11.2. The molecule has 0 radical (unpaired) electrons. The lowest BCUT2D eigenvalue weighted by Gasteiger charge is -2.25. The number of esters is 1. The number of fused-ring (bicyclic) bond motifs is 1. The molecule has 2 aliphatic rings. The van der Waals surface area contributed by atoms with Gasteiger partial charge in [-0.05, 0) is 37.7 Å². The first-order chi connectivity index (χ1) is 5.70. The molecule has 0 aromatic rings. The van der Waals surface area contributed by atoms with Gasteiger partial charge in [-0.15, -0.1) is 0 Å². The van der Waals surface area contributed by atoms with Gasteiger partial charge in [0.15, 0.2) is 0 Å². The summed E-state index contributed by atoms with van der Waals surface area (Å²) >= 11 is 0. The van der Waals surface area contributed by atoms with Crippen LogP contribution in [0.15, 0.2) is 11.1 Å². The van der Waals surface area contributed by atoms with Crippen molar-refractivity contribution in [2.75, 3.05) is 0 Å². The van der Waals surface area contributed by atoms with Gasteiger partial charge in [-0.1, -0.05) is 6.92 Å². The van der Waals surface area contributed by atoms with Crippen LogP contribution in [0.2, 0.25) is 0 Å². The van der Waals surface area contributed by atoms with Gasteiger partial charge in [0.05, 0.1) is 0 Å². The highest BCUT2D eigenvalue weighted by molar-refractivity contribution is 5.91. The fourth-order valence-electron chi connectivity index (χ4n) is 2.31. The van der Waals surface area contributed by atoms with Crippen LogP contribution in [0.1, 0.15) is 33.1 Å². The Morgan fingerprint density at radius 3 is 2.83 bits per heavy atom. The zero-order valence-electron chi connectivity index (χ0n) is 7.59. The molecule has 1 fully saturated rings. The molecule has 2 rings (SSSR count). The van der Waals surface area contributed by atoms with E-state index in [1.807, 2.05) is 6.92 Å². The van der Waals surface area contributed by atoms with Crippen LogP contribution in [0.4, 0.5) is 0 Å². The van der Waals surface area contributed by atoms with Crippen LogP contribution in [-0.4, -0.2) is 12.1 Å². The Labute approximate surface area is 72.6 Å². The fourth-order valence-corrected chi connectivity index (χ4v) is 2.31. The first-order valence-electron chi connectivity index (χ1n) is 4.62. The van der Waals surface area contributed by atoms with Crippen molar-refractivity contribution >= 4 is 5.97 Å². The Morgan fingerprint density at radius 2 is 2.17 bits per heavy atom. The molecular weight excluding hydrogens is 152 g/mol. The van der Waals surface area contributed by atoms with Crippen molar-refractivity contribution in [1.82, 2.24) is 0 Å². The Hall–Kier alpha value is -0.790. The minimum atomic E-state index is -0.0937. The molecule has 12 heavy (non-hydrogen) atoms. The SMILES string of the molecule is CC1=C2[C@H](C)CCC[C@@H]2OC1=O. The molecular formula is C10H14O2. The van der Waals surface area contributed by atoms with Crippen molar-refractivity contribution in [3.63, 3.8) is 0 Å². The van der Waals surface area contributed by atoms with E-state index >= 15 is 0 Å². The lowest BCUT2D eigenvalue weighted by atomic mass is 9.82. The van der Waals surface area contributed by atoms with Crippen molar-refractivity contribution < 1.29 is 9.53 Å². The van der Waals surface area contributed by atoms with Crippen LogP contribution in [0.5, 0.6) is 0 Å². The van der Waals surface area contributed by atoms with Crippen LogP contribution in [0.3, 0.4) is 0 Å². The first-order valence-corrected chi connectivity index (χ1v) is 4.62. The standard InChI is InChI=1S/C10H14O2/c1-6-4-3-5-8-9(6)7(2)10(11)12-8/h6,8H,3-5H2,1-2H3/t6-,8+/m1/s1. The number of ether oxygens (including phenoxy) is 1. The molecule has 2 nitrogen and oxygen atoms in total. The fraction of sp³-hybridized carbons (Fsp3) is 0.700. The molecule has 1 saturated carbocycles. The van der Waals surface area contributed by atoms with Gasteiger partial charge >= 0.3 is 5.97 Å². The van der Waals surface area contributed by atoms with Crippen LogP contribution >= 0.6 is 0 Å². The molecule has 0 N–H and O–H groups in total.